The first kappa shape index (κ1) is 12.8. The Morgan fingerprint density at radius 2 is 2.24 bits per heavy atom. The van der Waals surface area contributed by atoms with Crippen LogP contribution in [0.25, 0.3) is 0 Å². The fourth-order valence-electron chi connectivity index (χ4n) is 2.37. The largest absolute Gasteiger partial charge is 0.316 e. The molecule has 1 aliphatic rings. The highest BCUT2D eigenvalue weighted by Gasteiger charge is 2.34. The maximum atomic E-state index is 12.4. The van der Waals surface area contributed by atoms with Crippen LogP contribution >= 0.6 is 11.3 Å². The van der Waals surface area contributed by atoms with E-state index in [1.807, 2.05) is 0 Å². The van der Waals surface area contributed by atoms with Crippen molar-refractivity contribution in [3.05, 3.63) is 21.9 Å². The van der Waals surface area contributed by atoms with Crippen molar-refractivity contribution in [3.63, 3.8) is 0 Å². The molecule has 0 amide bonds. The summed E-state index contributed by atoms with van der Waals surface area (Å²) in [5.74, 6) is 0.397. The minimum atomic E-state index is -0.144. The second-order valence-electron chi connectivity index (χ2n) is 5.16. The molecular formula is C14H21NOS. The summed E-state index contributed by atoms with van der Waals surface area (Å²) in [6.45, 7) is 6.17. The Hall–Kier alpha value is -0.670. The molecule has 2 rings (SSSR count). The number of nitrogens with one attached hydrogen (secondary N) is 1. The Morgan fingerprint density at radius 3 is 2.82 bits per heavy atom. The lowest BCUT2D eigenvalue weighted by Gasteiger charge is -2.32. The molecule has 0 radical (unpaired) electrons. The van der Waals surface area contributed by atoms with E-state index in [0.29, 0.717) is 12.2 Å². The molecule has 1 saturated heterocycles. The number of carbonyl (C=O) groups excluding carboxylic acids is 1. The van der Waals surface area contributed by atoms with Crippen molar-refractivity contribution in [3.8, 4) is 0 Å². The molecule has 1 N–H and O–H groups in total. The molecule has 1 aliphatic heterocycles. The van der Waals surface area contributed by atoms with Gasteiger partial charge in [0.1, 0.15) is 5.78 Å². The quantitative estimate of drug-likeness (QED) is 0.891. The van der Waals surface area contributed by atoms with E-state index in [-0.39, 0.29) is 5.41 Å². The topological polar surface area (TPSA) is 29.1 Å². The van der Waals surface area contributed by atoms with E-state index in [4.69, 9.17) is 0 Å². The van der Waals surface area contributed by atoms with E-state index < -0.39 is 0 Å². The van der Waals surface area contributed by atoms with Crippen LogP contribution in [0.3, 0.4) is 0 Å². The second kappa shape index (κ2) is 5.32. The molecule has 1 fully saturated rings. The van der Waals surface area contributed by atoms with Crippen LogP contribution in [-0.2, 0) is 17.6 Å². The standard InChI is InChI=1S/C14H21NOS/c1-3-11-5-6-12(17-11)9-13(16)14(2)7-4-8-15-10-14/h5-6,15H,3-4,7-10H2,1-2H3. The van der Waals surface area contributed by atoms with Crippen LogP contribution in [0, 0.1) is 5.41 Å². The van der Waals surface area contributed by atoms with Crippen molar-refractivity contribution < 1.29 is 4.79 Å². The monoisotopic (exact) mass is 251 g/mol. The second-order valence-corrected chi connectivity index (χ2v) is 6.42. The van der Waals surface area contributed by atoms with Gasteiger partial charge < -0.3 is 5.32 Å². The molecule has 94 valence electrons. The maximum Gasteiger partial charge on any atom is 0.145 e. The molecule has 17 heavy (non-hydrogen) atoms. The Kier molecular flexibility index (Phi) is 4.00. The predicted molar refractivity (Wildman–Crippen MR) is 72.6 cm³/mol. The number of ketones is 1. The van der Waals surface area contributed by atoms with Gasteiger partial charge in [-0.2, -0.15) is 0 Å². The first-order valence-electron chi connectivity index (χ1n) is 6.46. The zero-order valence-electron chi connectivity index (χ0n) is 10.7. The van der Waals surface area contributed by atoms with E-state index in [1.165, 1.54) is 9.75 Å². The zero-order chi connectivity index (χ0) is 12.3. The van der Waals surface area contributed by atoms with Crippen molar-refractivity contribution in [2.24, 2.45) is 5.41 Å². The first-order valence-corrected chi connectivity index (χ1v) is 7.27. The van der Waals surface area contributed by atoms with Gasteiger partial charge in [-0.3, -0.25) is 4.79 Å². The number of piperidine rings is 1. The van der Waals surface area contributed by atoms with Gasteiger partial charge in [0, 0.05) is 28.1 Å². The van der Waals surface area contributed by atoms with Crippen LogP contribution in [-0.4, -0.2) is 18.9 Å². The van der Waals surface area contributed by atoms with E-state index >= 15 is 0 Å². The van der Waals surface area contributed by atoms with Crippen LogP contribution in [0.4, 0.5) is 0 Å². The molecule has 0 spiro atoms. The van der Waals surface area contributed by atoms with Crippen LogP contribution in [0.1, 0.15) is 36.4 Å². The van der Waals surface area contributed by atoms with Gasteiger partial charge in [0.25, 0.3) is 0 Å². The number of Topliss-reactive ketones (excluding diaryl/α,β-unsaturated/α-hetero) is 1. The van der Waals surface area contributed by atoms with Crippen molar-refractivity contribution >= 4 is 17.1 Å². The summed E-state index contributed by atoms with van der Waals surface area (Å²) in [6, 6.07) is 4.26. The molecule has 2 nitrogen and oxygen atoms in total. The highest BCUT2D eigenvalue weighted by molar-refractivity contribution is 7.12. The lowest BCUT2D eigenvalue weighted by Crippen LogP contribution is -2.43. The third-order valence-corrected chi connectivity index (χ3v) is 4.90. The number of thiophene rings is 1. The highest BCUT2D eigenvalue weighted by atomic mass is 32.1. The third kappa shape index (κ3) is 2.96. The Morgan fingerprint density at radius 1 is 1.47 bits per heavy atom. The van der Waals surface area contributed by atoms with Gasteiger partial charge in [-0.25, -0.2) is 0 Å². The molecule has 1 unspecified atom stereocenters. The lowest BCUT2D eigenvalue weighted by atomic mass is 9.77. The maximum absolute atomic E-state index is 12.4. The third-order valence-electron chi connectivity index (χ3n) is 3.67. The van der Waals surface area contributed by atoms with Crippen molar-refractivity contribution in [2.75, 3.05) is 13.1 Å². The minimum absolute atomic E-state index is 0.144. The molecular weight excluding hydrogens is 230 g/mol. The van der Waals surface area contributed by atoms with Crippen molar-refractivity contribution in [2.45, 2.75) is 39.5 Å². The zero-order valence-corrected chi connectivity index (χ0v) is 11.5. The number of aryl methyl sites for hydroxylation is 1. The van der Waals surface area contributed by atoms with E-state index in [9.17, 15) is 4.79 Å². The fourth-order valence-corrected chi connectivity index (χ4v) is 3.33. The SMILES string of the molecule is CCc1ccc(CC(=O)C2(C)CCCNC2)s1. The number of carbonyl (C=O) groups is 1. The lowest BCUT2D eigenvalue weighted by molar-refractivity contribution is -0.128. The number of rotatable bonds is 4. The molecule has 1 atom stereocenters. The molecule has 0 aromatic carbocycles. The smallest absolute Gasteiger partial charge is 0.145 e. The molecule has 1 aromatic rings. The van der Waals surface area contributed by atoms with Crippen LogP contribution in [0.15, 0.2) is 12.1 Å². The minimum Gasteiger partial charge on any atom is -0.316 e. The summed E-state index contributed by atoms with van der Waals surface area (Å²) in [5.41, 5.74) is -0.144. The summed E-state index contributed by atoms with van der Waals surface area (Å²) in [7, 11) is 0. The van der Waals surface area contributed by atoms with Gasteiger partial charge in [-0.1, -0.05) is 13.8 Å². The fraction of sp³-hybridized carbons (Fsp3) is 0.643. The van der Waals surface area contributed by atoms with Crippen molar-refractivity contribution in [1.82, 2.24) is 5.32 Å². The van der Waals surface area contributed by atoms with E-state index in [0.717, 1.165) is 32.4 Å². The van der Waals surface area contributed by atoms with Gasteiger partial charge >= 0.3 is 0 Å². The molecule has 0 bridgehead atoms. The first-order chi connectivity index (χ1) is 8.14. The molecule has 0 aliphatic carbocycles. The molecule has 0 saturated carbocycles. The van der Waals surface area contributed by atoms with Gasteiger partial charge in [0.05, 0.1) is 0 Å². The van der Waals surface area contributed by atoms with Gasteiger partial charge in [-0.15, -0.1) is 11.3 Å². The van der Waals surface area contributed by atoms with Gasteiger partial charge in [-0.05, 0) is 37.9 Å². The summed E-state index contributed by atoms with van der Waals surface area (Å²) < 4.78 is 0. The Bertz CT molecular complexity index is 391. The van der Waals surface area contributed by atoms with Crippen LogP contribution in [0.2, 0.25) is 0 Å². The van der Waals surface area contributed by atoms with Crippen molar-refractivity contribution in [1.29, 1.82) is 0 Å². The normalized spacial score (nSPS) is 24.8. The summed E-state index contributed by atoms with van der Waals surface area (Å²) in [6.07, 6.45) is 3.83. The summed E-state index contributed by atoms with van der Waals surface area (Å²) in [5, 5.41) is 3.34. The average Bonchev–Trinajstić information content (AvgIpc) is 2.78. The Labute approximate surface area is 107 Å². The summed E-state index contributed by atoms with van der Waals surface area (Å²) in [4.78, 5) is 14.9. The number of hydrogen-bond donors (Lipinski definition) is 1. The van der Waals surface area contributed by atoms with E-state index in [2.05, 4.69) is 31.3 Å². The van der Waals surface area contributed by atoms with Gasteiger partial charge in [0.2, 0.25) is 0 Å². The highest BCUT2D eigenvalue weighted by Crippen LogP contribution is 2.29. The molecule has 2 heterocycles. The molecule has 3 heteroatoms. The molecule has 1 aromatic heterocycles. The van der Waals surface area contributed by atoms with Gasteiger partial charge in [0.15, 0.2) is 0 Å². The Balaban J connectivity index is 2.00. The predicted octanol–water partition coefficient (Wildman–Crippen LogP) is 2.81. The summed E-state index contributed by atoms with van der Waals surface area (Å²) >= 11 is 1.78. The number of hydrogen-bond acceptors (Lipinski definition) is 3. The van der Waals surface area contributed by atoms with Crippen LogP contribution in [0.5, 0.6) is 0 Å². The van der Waals surface area contributed by atoms with Crippen LogP contribution < -0.4 is 5.32 Å². The van der Waals surface area contributed by atoms with E-state index in [1.54, 1.807) is 11.3 Å². The average molecular weight is 251 g/mol.